The molecule has 0 atom stereocenters. The van der Waals surface area contributed by atoms with Gasteiger partial charge in [-0.05, 0) is 112 Å². The summed E-state index contributed by atoms with van der Waals surface area (Å²) in [6.45, 7) is 8.21. The number of aromatic nitrogens is 3. The van der Waals surface area contributed by atoms with Crippen molar-refractivity contribution in [3.63, 3.8) is 0 Å². The SMILES string of the molecule is COCCOCCOCCOc1cc(CNCCCCNC(=O)C(CCCNC(=O)c2ccc3cccnc3c2O)(CCCNC(=O)c2ccc3cccnc3c2O)CCCNC(=O)c2ccc3cccnc3c2O)cc(OCCOCCOCCOC)c1OCCOCCOCCOC. The number of phenols is 3. The molecule has 27 nitrogen and oxygen atoms in total. The minimum absolute atomic E-state index is 0.0507. The Labute approximate surface area is 583 Å². The van der Waals surface area contributed by atoms with Crippen molar-refractivity contribution in [3.05, 3.63) is 126 Å². The molecule has 3 aromatic heterocycles. The number of benzene rings is 4. The number of hydrogen-bond acceptors (Lipinski definition) is 23. The highest BCUT2D eigenvalue weighted by atomic mass is 16.6. The Hall–Kier alpha value is -8.61. The summed E-state index contributed by atoms with van der Waals surface area (Å²) in [4.78, 5) is 68.8. The van der Waals surface area contributed by atoms with E-state index in [0.29, 0.717) is 164 Å². The van der Waals surface area contributed by atoms with E-state index in [-0.39, 0.29) is 135 Å². The fourth-order valence-corrected chi connectivity index (χ4v) is 10.9. The van der Waals surface area contributed by atoms with Crippen LogP contribution in [0.15, 0.2) is 104 Å². The molecule has 0 fully saturated rings. The first-order valence-corrected chi connectivity index (χ1v) is 34.0. The summed E-state index contributed by atoms with van der Waals surface area (Å²) in [7, 11) is 4.85. The van der Waals surface area contributed by atoms with E-state index in [9.17, 15) is 29.7 Å². The standard InChI is InChI=1S/C73H98N8O19/c1-89-32-35-92-38-41-95-44-47-98-60-50-53(51-61(99-48-45-96-42-39-93-36-33-90-2)68(60)100-49-46-97-43-40-94-37-34-91-3)52-74-24-4-5-25-81-72(88)73(21-9-29-78-69(85)57-18-15-54-12-6-26-75-62(54)65(57)82,22-10-30-79-70(86)58-19-16-55-13-7-27-76-63(55)66(58)83)23-11-31-80-71(87)59-20-17-56-14-8-28-77-64(56)67(59)84/h6-8,12-20,26-28,50-51,74,82-84H,4-5,9-11,21-25,29-49,52H2,1-3H3,(H,78,85)(H,79,86)(H,80,87)(H,81,88). The van der Waals surface area contributed by atoms with E-state index in [1.54, 1.807) is 75.9 Å². The second-order valence-corrected chi connectivity index (χ2v) is 23.2. The molecule has 0 saturated heterocycles. The summed E-state index contributed by atoms with van der Waals surface area (Å²) in [6.07, 6.45) is 7.66. The number of nitrogens with zero attached hydrogens (tertiary/aromatic N) is 3. The quantitative estimate of drug-likeness (QED) is 0.0174. The van der Waals surface area contributed by atoms with Crippen LogP contribution >= 0.6 is 0 Å². The van der Waals surface area contributed by atoms with Gasteiger partial charge in [0.2, 0.25) is 11.7 Å². The van der Waals surface area contributed by atoms with Crippen molar-refractivity contribution in [2.45, 2.75) is 57.9 Å². The lowest BCUT2D eigenvalue weighted by Crippen LogP contribution is -2.43. The van der Waals surface area contributed by atoms with E-state index in [4.69, 9.17) is 56.8 Å². The first kappa shape index (κ1) is 78.7. The first-order valence-electron chi connectivity index (χ1n) is 34.0. The van der Waals surface area contributed by atoms with Crippen LogP contribution in [0.2, 0.25) is 0 Å². The normalized spacial score (nSPS) is 11.5. The molecule has 0 radical (unpaired) electrons. The van der Waals surface area contributed by atoms with Crippen LogP contribution in [0.3, 0.4) is 0 Å². The van der Waals surface area contributed by atoms with Gasteiger partial charge in [0.05, 0.1) is 116 Å². The number of nitrogens with one attached hydrogen (secondary N) is 5. The van der Waals surface area contributed by atoms with E-state index < -0.39 is 23.1 Å². The molecule has 544 valence electrons. The van der Waals surface area contributed by atoms with Gasteiger partial charge in [0.1, 0.15) is 36.4 Å². The van der Waals surface area contributed by atoms with Crippen LogP contribution in [-0.2, 0) is 54.0 Å². The molecule has 3 heterocycles. The van der Waals surface area contributed by atoms with Crippen LogP contribution < -0.4 is 40.8 Å². The maximum atomic E-state index is 15.1. The van der Waals surface area contributed by atoms with Gasteiger partial charge in [0, 0.05) is 94.2 Å². The molecule has 4 aromatic carbocycles. The average Bonchev–Trinajstić information content (AvgIpc) is 0.813. The molecule has 0 aliphatic heterocycles. The Bertz CT molecular complexity index is 3310. The molecule has 0 bridgehead atoms. The fourth-order valence-electron chi connectivity index (χ4n) is 10.9. The molecule has 7 rings (SSSR count). The zero-order valence-corrected chi connectivity index (χ0v) is 57.7. The molecule has 8 N–H and O–H groups in total. The van der Waals surface area contributed by atoms with Gasteiger partial charge in [0.25, 0.3) is 17.7 Å². The number of aromatic hydroxyl groups is 3. The zero-order chi connectivity index (χ0) is 70.8. The molecular formula is C73H98N8O19. The second kappa shape index (κ2) is 45.2. The van der Waals surface area contributed by atoms with Crippen molar-refractivity contribution >= 4 is 56.3 Å². The monoisotopic (exact) mass is 1390 g/mol. The van der Waals surface area contributed by atoms with Gasteiger partial charge in [-0.15, -0.1) is 0 Å². The van der Waals surface area contributed by atoms with Crippen molar-refractivity contribution in [3.8, 4) is 34.5 Å². The molecule has 100 heavy (non-hydrogen) atoms. The highest BCUT2D eigenvalue weighted by Crippen LogP contribution is 2.40. The van der Waals surface area contributed by atoms with E-state index in [1.165, 1.54) is 36.8 Å². The molecule has 0 aliphatic carbocycles. The lowest BCUT2D eigenvalue weighted by molar-refractivity contribution is -0.132. The highest BCUT2D eigenvalue weighted by Gasteiger charge is 2.37. The summed E-state index contributed by atoms with van der Waals surface area (Å²) < 4.78 is 68.2. The Morgan fingerprint density at radius 2 is 0.720 bits per heavy atom. The molecule has 0 aliphatic rings. The van der Waals surface area contributed by atoms with Gasteiger partial charge in [0.15, 0.2) is 28.7 Å². The van der Waals surface area contributed by atoms with Crippen LogP contribution in [0, 0.1) is 5.41 Å². The van der Waals surface area contributed by atoms with Crippen LogP contribution in [0.25, 0.3) is 32.7 Å². The third-order valence-corrected chi connectivity index (χ3v) is 16.1. The van der Waals surface area contributed by atoms with Gasteiger partial charge < -0.3 is 98.7 Å². The number of phenolic OH excluding ortho intramolecular Hbond substituents is 3. The third-order valence-electron chi connectivity index (χ3n) is 16.1. The summed E-state index contributed by atoms with van der Waals surface area (Å²) in [5, 5.41) is 50.8. The number of fused-ring (bicyclic) bond motifs is 3. The number of methoxy groups -OCH3 is 3. The predicted octanol–water partition coefficient (Wildman–Crippen LogP) is 7.23. The predicted molar refractivity (Wildman–Crippen MR) is 375 cm³/mol. The summed E-state index contributed by atoms with van der Waals surface area (Å²) in [5.41, 5.74) is 0.752. The van der Waals surface area contributed by atoms with Gasteiger partial charge in [-0.3, -0.25) is 34.1 Å². The number of ether oxygens (including phenoxy) is 12. The Balaban J connectivity index is 1.03. The van der Waals surface area contributed by atoms with Crippen molar-refractivity contribution in [2.24, 2.45) is 5.41 Å². The highest BCUT2D eigenvalue weighted by molar-refractivity contribution is 6.04. The molecular weight excluding hydrogens is 1290 g/mol. The Kier molecular flexibility index (Phi) is 35.6. The van der Waals surface area contributed by atoms with Crippen LogP contribution in [-0.4, -0.2) is 227 Å². The Morgan fingerprint density at radius 1 is 0.390 bits per heavy atom. The fraction of sp³-hybridized carbons (Fsp3) is 0.493. The molecule has 0 saturated carbocycles. The molecule has 7 aromatic rings. The van der Waals surface area contributed by atoms with E-state index in [2.05, 4.69) is 41.5 Å². The smallest absolute Gasteiger partial charge is 0.255 e. The van der Waals surface area contributed by atoms with Crippen molar-refractivity contribution in [2.75, 3.05) is 173 Å². The number of amides is 4. The molecule has 0 unspecified atom stereocenters. The first-order chi connectivity index (χ1) is 49.0. The number of rotatable bonds is 53. The number of carbonyl (C=O) groups is 4. The van der Waals surface area contributed by atoms with Gasteiger partial charge in [-0.25, -0.2) is 0 Å². The van der Waals surface area contributed by atoms with Crippen LogP contribution in [0.1, 0.15) is 88.0 Å². The maximum Gasteiger partial charge on any atom is 0.255 e. The van der Waals surface area contributed by atoms with Crippen molar-refractivity contribution < 1.29 is 91.3 Å². The van der Waals surface area contributed by atoms with Crippen LogP contribution in [0.4, 0.5) is 0 Å². The summed E-state index contributed by atoms with van der Waals surface area (Å²) in [5.74, 6) is -1.28. The summed E-state index contributed by atoms with van der Waals surface area (Å²) in [6, 6.07) is 24.1. The van der Waals surface area contributed by atoms with Crippen LogP contribution in [0.5, 0.6) is 34.5 Å². The van der Waals surface area contributed by atoms with Crippen molar-refractivity contribution in [1.82, 2.24) is 41.5 Å². The summed E-state index contributed by atoms with van der Waals surface area (Å²) >= 11 is 0. The van der Waals surface area contributed by atoms with Gasteiger partial charge in [-0.1, -0.05) is 36.4 Å². The number of hydrogen-bond donors (Lipinski definition) is 8. The minimum Gasteiger partial charge on any atom is -0.505 e. The maximum absolute atomic E-state index is 15.1. The number of carbonyl (C=O) groups excluding carboxylic acids is 4. The lowest BCUT2D eigenvalue weighted by Gasteiger charge is -2.33. The number of pyridine rings is 3. The van der Waals surface area contributed by atoms with E-state index in [0.717, 1.165) is 5.56 Å². The average molecular weight is 1390 g/mol. The molecule has 0 spiro atoms. The largest absolute Gasteiger partial charge is 0.505 e. The minimum atomic E-state index is -1.10. The second-order valence-electron chi connectivity index (χ2n) is 23.2. The van der Waals surface area contributed by atoms with E-state index >= 15 is 4.79 Å². The van der Waals surface area contributed by atoms with E-state index in [1.807, 2.05) is 12.1 Å². The lowest BCUT2D eigenvalue weighted by atomic mass is 9.74. The topological polar surface area (TPSA) is 339 Å². The van der Waals surface area contributed by atoms with Gasteiger partial charge in [-0.2, -0.15) is 0 Å². The number of unbranched alkanes of at least 4 members (excludes halogenated alkanes) is 1. The van der Waals surface area contributed by atoms with Crippen molar-refractivity contribution in [1.29, 1.82) is 0 Å². The molecule has 4 amide bonds. The Morgan fingerprint density at radius 3 is 1.09 bits per heavy atom. The third kappa shape index (κ3) is 25.8. The zero-order valence-electron chi connectivity index (χ0n) is 57.7. The molecule has 27 heteroatoms. The van der Waals surface area contributed by atoms with Gasteiger partial charge >= 0.3 is 0 Å².